The van der Waals surface area contributed by atoms with E-state index in [9.17, 15) is 14.4 Å². The summed E-state index contributed by atoms with van der Waals surface area (Å²) < 4.78 is 6.26. The van der Waals surface area contributed by atoms with Gasteiger partial charge < -0.3 is 9.64 Å². The Kier molecular flexibility index (Phi) is 4.76. The summed E-state index contributed by atoms with van der Waals surface area (Å²) in [6.07, 6.45) is 2.68. The molecule has 0 saturated carbocycles. The fourth-order valence-electron chi connectivity index (χ4n) is 5.88. The summed E-state index contributed by atoms with van der Waals surface area (Å²) >= 11 is 0. The molecule has 4 aliphatic rings. The molecule has 1 spiro atoms. The Morgan fingerprint density at radius 3 is 2.58 bits per heavy atom. The molecule has 2 aromatic rings. The topological polar surface area (TPSA) is 79.0 Å². The molecule has 7 nitrogen and oxygen atoms in total. The van der Waals surface area contributed by atoms with Gasteiger partial charge in [0.05, 0.1) is 13.2 Å². The van der Waals surface area contributed by atoms with Gasteiger partial charge in [-0.1, -0.05) is 36.4 Å². The summed E-state index contributed by atoms with van der Waals surface area (Å²) in [6, 6.07) is 13.9. The summed E-state index contributed by atoms with van der Waals surface area (Å²) in [4.78, 5) is 41.1. The molecular weight excluding hydrogens is 418 g/mol. The van der Waals surface area contributed by atoms with Crippen LogP contribution < -0.4 is 10.1 Å². The molecule has 1 N–H and O–H groups in total. The van der Waals surface area contributed by atoms with E-state index < -0.39 is 6.04 Å². The molecule has 3 amide bonds. The van der Waals surface area contributed by atoms with E-state index in [1.54, 1.807) is 4.90 Å². The van der Waals surface area contributed by atoms with E-state index in [1.165, 1.54) is 11.1 Å². The zero-order valence-corrected chi connectivity index (χ0v) is 18.5. The van der Waals surface area contributed by atoms with E-state index in [4.69, 9.17) is 4.74 Å². The lowest BCUT2D eigenvalue weighted by atomic mass is 9.74. The van der Waals surface area contributed by atoms with Crippen molar-refractivity contribution < 1.29 is 19.1 Å². The quantitative estimate of drug-likeness (QED) is 0.734. The number of fused-ring (bicyclic) bond motifs is 4. The number of ether oxygens (including phenoxy) is 1. The molecule has 2 saturated heterocycles. The number of piperidine rings is 2. The van der Waals surface area contributed by atoms with Crippen molar-refractivity contribution in [3.63, 3.8) is 0 Å². The molecule has 2 fully saturated rings. The van der Waals surface area contributed by atoms with Crippen LogP contribution in [0.1, 0.15) is 52.7 Å². The molecule has 2 aromatic carbocycles. The van der Waals surface area contributed by atoms with Crippen molar-refractivity contribution in [3.8, 4) is 5.75 Å². The van der Waals surface area contributed by atoms with E-state index in [0.717, 1.165) is 43.8 Å². The van der Waals surface area contributed by atoms with Crippen LogP contribution in [-0.2, 0) is 28.1 Å². The molecule has 6 rings (SSSR count). The van der Waals surface area contributed by atoms with Crippen molar-refractivity contribution in [2.24, 2.45) is 0 Å². The van der Waals surface area contributed by atoms with Gasteiger partial charge in [0.2, 0.25) is 11.8 Å². The Morgan fingerprint density at radius 2 is 1.82 bits per heavy atom. The minimum atomic E-state index is -0.602. The van der Waals surface area contributed by atoms with Gasteiger partial charge in [0.15, 0.2) is 0 Å². The Morgan fingerprint density at radius 1 is 1.03 bits per heavy atom. The van der Waals surface area contributed by atoms with Gasteiger partial charge in [-0.3, -0.25) is 24.6 Å². The first-order chi connectivity index (χ1) is 16.0. The molecular formula is C26H27N3O4. The first kappa shape index (κ1) is 20.4. The number of rotatable bonds is 3. The third-order valence-electron chi connectivity index (χ3n) is 7.79. The molecule has 0 aromatic heterocycles. The Hall–Kier alpha value is -3.19. The van der Waals surface area contributed by atoms with Crippen molar-refractivity contribution in [3.05, 3.63) is 64.7 Å². The Labute approximate surface area is 192 Å². The number of carbonyl (C=O) groups excluding carboxylic acids is 3. The maximum absolute atomic E-state index is 13.1. The van der Waals surface area contributed by atoms with Gasteiger partial charge in [0.25, 0.3) is 5.91 Å². The molecule has 33 heavy (non-hydrogen) atoms. The van der Waals surface area contributed by atoms with Gasteiger partial charge in [0, 0.05) is 35.1 Å². The molecule has 4 aliphatic heterocycles. The van der Waals surface area contributed by atoms with E-state index in [1.807, 2.05) is 12.1 Å². The van der Waals surface area contributed by atoms with Gasteiger partial charge in [-0.05, 0) is 44.0 Å². The van der Waals surface area contributed by atoms with Gasteiger partial charge in [-0.25, -0.2) is 0 Å². The molecule has 4 heterocycles. The van der Waals surface area contributed by atoms with E-state index in [0.29, 0.717) is 25.1 Å². The zero-order valence-electron chi connectivity index (χ0n) is 18.5. The van der Waals surface area contributed by atoms with Crippen molar-refractivity contribution in [1.82, 2.24) is 15.1 Å². The second kappa shape index (κ2) is 7.70. The number of nitrogens with zero attached hydrogens (tertiary/aromatic N) is 2. The SMILES string of the molecule is O=C1CCC(N2Cc3c(ccc4c3OCC43CCN(Cc4ccccc4)CC3)C2=O)C(=O)N1. The normalized spacial score (nSPS) is 23.9. The number of likely N-dealkylation sites (tertiary alicyclic amines) is 1. The van der Waals surface area contributed by atoms with Crippen molar-refractivity contribution in [1.29, 1.82) is 0 Å². The number of benzene rings is 2. The summed E-state index contributed by atoms with van der Waals surface area (Å²) in [5.74, 6) is 0.0362. The van der Waals surface area contributed by atoms with Crippen LogP contribution in [-0.4, -0.2) is 53.3 Å². The fraction of sp³-hybridized carbons (Fsp3) is 0.423. The average Bonchev–Trinajstić information content (AvgIpc) is 3.35. The highest BCUT2D eigenvalue weighted by Crippen LogP contribution is 2.49. The third kappa shape index (κ3) is 3.33. The molecule has 7 heteroatoms. The second-order valence-corrected chi connectivity index (χ2v) is 9.70. The molecule has 170 valence electrons. The first-order valence-corrected chi connectivity index (χ1v) is 11.7. The number of nitrogens with one attached hydrogen (secondary N) is 1. The second-order valence-electron chi connectivity index (χ2n) is 9.70. The predicted octanol–water partition coefficient (Wildman–Crippen LogP) is 2.37. The van der Waals surface area contributed by atoms with Crippen molar-refractivity contribution in [2.45, 2.75) is 50.2 Å². The van der Waals surface area contributed by atoms with Crippen LogP contribution in [0.2, 0.25) is 0 Å². The van der Waals surface area contributed by atoms with Gasteiger partial charge >= 0.3 is 0 Å². The minimum Gasteiger partial charge on any atom is -0.492 e. The van der Waals surface area contributed by atoms with Crippen LogP contribution in [0, 0.1) is 0 Å². The molecule has 0 bridgehead atoms. The highest BCUT2D eigenvalue weighted by atomic mass is 16.5. The van der Waals surface area contributed by atoms with Gasteiger partial charge in [-0.15, -0.1) is 0 Å². The Balaban J connectivity index is 1.21. The minimum absolute atomic E-state index is 0.0113. The number of carbonyl (C=O) groups is 3. The Bertz CT molecular complexity index is 1140. The standard InChI is InChI=1S/C26H27N3O4/c30-22-9-8-21(24(31)27-22)29-15-19-18(25(29)32)6-7-20-23(19)33-16-26(20)10-12-28(13-11-26)14-17-4-2-1-3-5-17/h1-7,21H,8-16H2,(H,27,30,31). The van der Waals surface area contributed by atoms with E-state index in [2.05, 4.69) is 40.5 Å². The summed E-state index contributed by atoms with van der Waals surface area (Å²) in [5, 5.41) is 2.37. The fourth-order valence-corrected chi connectivity index (χ4v) is 5.88. The molecule has 0 radical (unpaired) electrons. The monoisotopic (exact) mass is 445 g/mol. The van der Waals surface area contributed by atoms with Crippen LogP contribution in [0.3, 0.4) is 0 Å². The number of imide groups is 1. The summed E-state index contributed by atoms with van der Waals surface area (Å²) in [5.41, 5.74) is 4.05. The molecule has 1 atom stereocenters. The van der Waals surface area contributed by atoms with E-state index in [-0.39, 0.29) is 29.6 Å². The average molecular weight is 446 g/mol. The van der Waals surface area contributed by atoms with Gasteiger partial charge in [0.1, 0.15) is 11.8 Å². The van der Waals surface area contributed by atoms with Crippen LogP contribution in [0.5, 0.6) is 5.75 Å². The zero-order chi connectivity index (χ0) is 22.6. The maximum Gasteiger partial charge on any atom is 0.255 e. The smallest absolute Gasteiger partial charge is 0.255 e. The van der Waals surface area contributed by atoms with E-state index >= 15 is 0 Å². The van der Waals surface area contributed by atoms with Gasteiger partial charge in [-0.2, -0.15) is 0 Å². The van der Waals surface area contributed by atoms with Crippen molar-refractivity contribution in [2.75, 3.05) is 19.7 Å². The molecule has 1 unspecified atom stereocenters. The summed E-state index contributed by atoms with van der Waals surface area (Å²) in [6.45, 7) is 3.99. The van der Waals surface area contributed by atoms with Crippen LogP contribution >= 0.6 is 0 Å². The lowest BCUT2D eigenvalue weighted by Crippen LogP contribution is -2.52. The van der Waals surface area contributed by atoms with Crippen molar-refractivity contribution >= 4 is 17.7 Å². The largest absolute Gasteiger partial charge is 0.492 e. The molecule has 0 aliphatic carbocycles. The number of hydrogen-bond acceptors (Lipinski definition) is 5. The highest BCUT2D eigenvalue weighted by Gasteiger charge is 2.47. The summed E-state index contributed by atoms with van der Waals surface area (Å²) in [7, 11) is 0. The van der Waals surface area contributed by atoms with Crippen LogP contribution in [0.15, 0.2) is 42.5 Å². The number of amides is 3. The third-order valence-corrected chi connectivity index (χ3v) is 7.79. The first-order valence-electron chi connectivity index (χ1n) is 11.7. The predicted molar refractivity (Wildman–Crippen MR) is 121 cm³/mol. The number of hydrogen-bond donors (Lipinski definition) is 1. The van der Waals surface area contributed by atoms with Crippen LogP contribution in [0.25, 0.3) is 0 Å². The highest BCUT2D eigenvalue weighted by molar-refractivity contribution is 6.05. The maximum atomic E-state index is 13.1. The lowest BCUT2D eigenvalue weighted by Gasteiger charge is -2.38. The lowest BCUT2D eigenvalue weighted by molar-refractivity contribution is -0.136. The van der Waals surface area contributed by atoms with Crippen LogP contribution in [0.4, 0.5) is 0 Å².